The quantitative estimate of drug-likeness (QED) is 0.496. The summed E-state index contributed by atoms with van der Waals surface area (Å²) in [6, 6.07) is 2.03. The first-order chi connectivity index (χ1) is 14.9. The van der Waals surface area contributed by atoms with Gasteiger partial charge in [-0.2, -0.15) is 5.26 Å². The lowest BCUT2D eigenvalue weighted by Crippen LogP contribution is -2.40. The van der Waals surface area contributed by atoms with E-state index in [4.69, 9.17) is 21.7 Å². The molecule has 1 aromatic heterocycles. The lowest BCUT2D eigenvalue weighted by atomic mass is 10.0. The number of rotatable bonds is 4. The smallest absolute Gasteiger partial charge is 0.270 e. The fraction of sp³-hybridized carbons (Fsp3) is 0.524. The van der Waals surface area contributed by atoms with Crippen LogP contribution in [0, 0.1) is 18.3 Å². The van der Waals surface area contributed by atoms with E-state index in [1.165, 1.54) is 16.3 Å². The Labute approximate surface area is 190 Å². The number of nitriles is 1. The molecule has 0 aromatic carbocycles. The van der Waals surface area contributed by atoms with Crippen molar-refractivity contribution in [3.05, 3.63) is 31.9 Å². The minimum atomic E-state index is -0.343. The second kappa shape index (κ2) is 9.12. The molecular weight excluding hydrogens is 436 g/mol. The van der Waals surface area contributed by atoms with Crippen molar-refractivity contribution >= 4 is 46.1 Å². The van der Waals surface area contributed by atoms with E-state index >= 15 is 0 Å². The number of amides is 1. The van der Waals surface area contributed by atoms with Gasteiger partial charge in [-0.05, 0) is 31.4 Å². The number of ether oxygens (including phenoxy) is 2. The van der Waals surface area contributed by atoms with Crippen molar-refractivity contribution in [1.82, 2.24) is 9.47 Å². The minimum Gasteiger partial charge on any atom is -0.378 e. The van der Waals surface area contributed by atoms with Crippen LogP contribution >= 0.6 is 24.0 Å². The topological polar surface area (TPSA) is 87.8 Å². The Kier molecular flexibility index (Phi) is 6.48. The predicted molar refractivity (Wildman–Crippen MR) is 123 cm³/mol. The molecule has 3 saturated heterocycles. The summed E-state index contributed by atoms with van der Waals surface area (Å²) in [5, 5.41) is 9.57. The van der Waals surface area contributed by atoms with Crippen LogP contribution < -0.4 is 10.5 Å². The molecule has 31 heavy (non-hydrogen) atoms. The van der Waals surface area contributed by atoms with E-state index in [0.717, 1.165) is 12.8 Å². The van der Waals surface area contributed by atoms with Crippen LogP contribution in [0.2, 0.25) is 0 Å². The van der Waals surface area contributed by atoms with Gasteiger partial charge in [0.05, 0.1) is 30.8 Å². The Morgan fingerprint density at radius 1 is 1.29 bits per heavy atom. The third-order valence-corrected chi connectivity index (χ3v) is 7.22. The molecule has 3 fully saturated rings. The number of carbonyl (C=O) groups excluding carboxylic acids is 1. The Balaban J connectivity index is 1.76. The average Bonchev–Trinajstić information content (AvgIpc) is 3.37. The number of thioether (sulfide) groups is 1. The molecule has 3 aliphatic rings. The van der Waals surface area contributed by atoms with E-state index in [0.29, 0.717) is 65.6 Å². The highest BCUT2D eigenvalue weighted by molar-refractivity contribution is 8.26. The van der Waals surface area contributed by atoms with Crippen molar-refractivity contribution in [2.75, 3.05) is 44.4 Å². The highest BCUT2D eigenvalue weighted by atomic mass is 32.2. The number of hydrogen-bond donors (Lipinski definition) is 0. The first-order valence-corrected chi connectivity index (χ1v) is 11.5. The molecule has 0 radical (unpaired) electrons. The number of nitrogens with zero attached hydrogens (tertiary/aromatic N) is 4. The summed E-state index contributed by atoms with van der Waals surface area (Å²) < 4.78 is 13.1. The molecule has 0 unspecified atom stereocenters. The number of morpholine rings is 1. The van der Waals surface area contributed by atoms with Crippen molar-refractivity contribution in [1.29, 1.82) is 5.26 Å². The Morgan fingerprint density at radius 2 is 2.03 bits per heavy atom. The van der Waals surface area contributed by atoms with Gasteiger partial charge in [0.2, 0.25) is 0 Å². The molecule has 0 spiro atoms. The monoisotopic (exact) mass is 460 g/mol. The summed E-state index contributed by atoms with van der Waals surface area (Å²) in [5.41, 5.74) is 1.000. The number of carbonyl (C=O) groups is 1. The zero-order valence-corrected chi connectivity index (χ0v) is 19.2. The maximum atomic E-state index is 13.1. The zero-order chi connectivity index (χ0) is 22.1. The molecule has 0 aliphatic carbocycles. The van der Waals surface area contributed by atoms with Crippen LogP contribution in [0.5, 0.6) is 0 Å². The van der Waals surface area contributed by atoms with Crippen molar-refractivity contribution in [3.63, 3.8) is 0 Å². The van der Waals surface area contributed by atoms with Gasteiger partial charge in [0.1, 0.15) is 21.8 Å². The maximum absolute atomic E-state index is 13.1. The molecule has 164 valence electrons. The Bertz CT molecular complexity index is 1050. The second-order valence-corrected chi connectivity index (χ2v) is 9.42. The van der Waals surface area contributed by atoms with E-state index in [9.17, 15) is 14.9 Å². The molecule has 1 amide bonds. The standard InChI is InChI=1S/C21H24N4O4S2/c1-13-15(10-17-20(27)25(21(30)31-17)12-14-4-3-7-29-14)18(24-5-8-28-9-6-24)23(2)19(26)16(13)11-22/h10,14H,3-9,12H2,1-2H3/b17-10+/t14-/m1/s1. The van der Waals surface area contributed by atoms with Gasteiger partial charge in [-0.15, -0.1) is 0 Å². The molecular formula is C21H24N4O4S2. The molecule has 0 N–H and O–H groups in total. The van der Waals surface area contributed by atoms with Gasteiger partial charge in [0, 0.05) is 32.3 Å². The van der Waals surface area contributed by atoms with Crippen LogP contribution in [0.3, 0.4) is 0 Å². The van der Waals surface area contributed by atoms with Crippen molar-refractivity contribution in [2.24, 2.45) is 7.05 Å². The van der Waals surface area contributed by atoms with E-state index in [2.05, 4.69) is 4.90 Å². The third kappa shape index (κ3) is 4.15. The Morgan fingerprint density at radius 3 is 2.68 bits per heavy atom. The second-order valence-electron chi connectivity index (χ2n) is 7.74. The van der Waals surface area contributed by atoms with E-state index in [1.807, 2.05) is 6.07 Å². The van der Waals surface area contributed by atoms with Gasteiger partial charge in [-0.25, -0.2) is 0 Å². The summed E-state index contributed by atoms with van der Waals surface area (Å²) in [5.74, 6) is 0.527. The van der Waals surface area contributed by atoms with Crippen LogP contribution in [0.4, 0.5) is 5.82 Å². The summed E-state index contributed by atoms with van der Waals surface area (Å²) in [6.45, 7) is 5.27. The van der Waals surface area contributed by atoms with Crippen LogP contribution in [0.1, 0.15) is 29.5 Å². The van der Waals surface area contributed by atoms with Crippen LogP contribution in [0.15, 0.2) is 9.70 Å². The molecule has 8 nitrogen and oxygen atoms in total. The van der Waals surface area contributed by atoms with E-state index in [1.54, 1.807) is 24.9 Å². The number of thiocarbonyl (C=S) groups is 1. The highest BCUT2D eigenvalue weighted by Gasteiger charge is 2.35. The van der Waals surface area contributed by atoms with Gasteiger partial charge in [-0.1, -0.05) is 24.0 Å². The summed E-state index contributed by atoms with van der Waals surface area (Å²) in [7, 11) is 1.66. The third-order valence-electron chi connectivity index (χ3n) is 5.84. The molecule has 0 saturated carbocycles. The first-order valence-electron chi connectivity index (χ1n) is 10.3. The number of anilines is 1. The van der Waals surface area contributed by atoms with Crippen LogP contribution in [-0.2, 0) is 21.3 Å². The largest absolute Gasteiger partial charge is 0.378 e. The maximum Gasteiger partial charge on any atom is 0.270 e. The minimum absolute atomic E-state index is 0.00948. The number of aromatic nitrogens is 1. The first kappa shape index (κ1) is 22.0. The lowest BCUT2D eigenvalue weighted by Gasteiger charge is -2.32. The molecule has 4 heterocycles. The number of pyridine rings is 1. The Hall–Kier alpha value is -2.19. The average molecular weight is 461 g/mol. The molecule has 3 aliphatic heterocycles. The van der Waals surface area contributed by atoms with Crippen LogP contribution in [-0.4, -0.2) is 65.3 Å². The molecule has 1 atom stereocenters. The lowest BCUT2D eigenvalue weighted by molar-refractivity contribution is -0.123. The van der Waals surface area contributed by atoms with Gasteiger partial charge >= 0.3 is 0 Å². The normalized spacial score (nSPS) is 23.1. The SMILES string of the molecule is Cc1c(/C=C2/SC(=S)N(C[C@H]3CCCO3)C2=O)c(N2CCOCC2)n(C)c(=O)c1C#N. The molecule has 1 aromatic rings. The highest BCUT2D eigenvalue weighted by Crippen LogP contribution is 2.36. The van der Waals surface area contributed by atoms with Crippen molar-refractivity contribution < 1.29 is 14.3 Å². The molecule has 0 bridgehead atoms. The van der Waals surface area contributed by atoms with Gasteiger partial charge in [0.25, 0.3) is 11.5 Å². The van der Waals surface area contributed by atoms with Crippen LogP contribution in [0.25, 0.3) is 6.08 Å². The van der Waals surface area contributed by atoms with Gasteiger partial charge in [0.15, 0.2) is 0 Å². The van der Waals surface area contributed by atoms with E-state index in [-0.39, 0.29) is 23.1 Å². The van der Waals surface area contributed by atoms with Crippen molar-refractivity contribution in [2.45, 2.75) is 25.9 Å². The van der Waals surface area contributed by atoms with E-state index < -0.39 is 0 Å². The van der Waals surface area contributed by atoms with Crippen molar-refractivity contribution in [3.8, 4) is 6.07 Å². The van der Waals surface area contributed by atoms with Gasteiger partial charge in [-0.3, -0.25) is 19.1 Å². The molecule has 4 rings (SSSR count). The molecule has 10 heteroatoms. The zero-order valence-electron chi connectivity index (χ0n) is 17.5. The summed E-state index contributed by atoms with van der Waals surface area (Å²) in [6.07, 6.45) is 3.69. The number of hydrogen-bond acceptors (Lipinski definition) is 8. The summed E-state index contributed by atoms with van der Waals surface area (Å²) in [4.78, 5) is 30.1. The summed E-state index contributed by atoms with van der Waals surface area (Å²) >= 11 is 6.72. The fourth-order valence-electron chi connectivity index (χ4n) is 4.15. The van der Waals surface area contributed by atoms with Gasteiger partial charge < -0.3 is 14.4 Å². The predicted octanol–water partition coefficient (Wildman–Crippen LogP) is 1.78. The fourth-order valence-corrected chi connectivity index (χ4v) is 5.41.